The quantitative estimate of drug-likeness (QED) is 0.265. The van der Waals surface area contributed by atoms with Gasteiger partial charge in [-0.1, -0.05) is 77.9 Å². The number of imide groups is 2. The molecule has 0 saturated carbocycles. The number of hydrogen-bond acceptors (Lipinski definition) is 4. The van der Waals surface area contributed by atoms with Crippen LogP contribution in [0.3, 0.4) is 0 Å². The molecule has 3 aromatic rings. The Morgan fingerprint density at radius 1 is 0.575 bits per heavy atom. The fourth-order valence-corrected chi connectivity index (χ4v) is 7.43. The number of amides is 4. The maximum Gasteiger partial charge on any atom is 0.333 e. The van der Waals surface area contributed by atoms with Crippen LogP contribution in [0.1, 0.15) is 80.5 Å². The highest BCUT2D eigenvalue weighted by atomic mass is 16.2. The molecule has 0 atom stereocenters. The van der Waals surface area contributed by atoms with E-state index in [0.717, 1.165) is 26.5 Å². The molecule has 6 nitrogen and oxygen atoms in total. The van der Waals surface area contributed by atoms with E-state index in [-0.39, 0.29) is 21.8 Å². The summed E-state index contributed by atoms with van der Waals surface area (Å²) < 4.78 is 0. The zero-order valence-electron chi connectivity index (χ0n) is 24.3. The Morgan fingerprint density at radius 3 is 1.32 bits per heavy atom. The summed E-state index contributed by atoms with van der Waals surface area (Å²) in [6, 6.07) is 17.0. The standard InChI is InChI=1S/C34H33N3O3/c1-32(2)20-11-9-13-22-26(20)37-27-21(32)12-10-14-23(27)34(5,6)25-17-18(16-24(28(25)37)33(22,3)4)15-19-29(38)35(7)31(40)36(8)30(19)39/h9-17H,1-8H3. The first-order valence-electron chi connectivity index (χ1n) is 13.8. The summed E-state index contributed by atoms with van der Waals surface area (Å²) in [4.78, 5) is 43.0. The number of hydrogen-bond donors (Lipinski definition) is 0. The van der Waals surface area contributed by atoms with E-state index in [1.54, 1.807) is 6.08 Å². The van der Waals surface area contributed by atoms with Gasteiger partial charge in [0, 0.05) is 30.3 Å². The zero-order valence-corrected chi connectivity index (χ0v) is 24.3. The van der Waals surface area contributed by atoms with E-state index in [1.807, 2.05) is 0 Å². The molecule has 0 unspecified atom stereocenters. The minimum Gasteiger partial charge on any atom is -0.309 e. The van der Waals surface area contributed by atoms with E-state index in [1.165, 1.54) is 53.4 Å². The van der Waals surface area contributed by atoms with Gasteiger partial charge in [-0.2, -0.15) is 0 Å². The molecule has 0 aromatic heterocycles. The summed E-state index contributed by atoms with van der Waals surface area (Å²) in [5.74, 6) is -1.16. The van der Waals surface area contributed by atoms with Crippen LogP contribution >= 0.6 is 0 Å². The van der Waals surface area contributed by atoms with Crippen molar-refractivity contribution >= 4 is 41.0 Å². The Bertz CT molecular complexity index is 1660. The highest BCUT2D eigenvalue weighted by Gasteiger charge is 2.51. The number of barbiturate groups is 1. The molecule has 4 aliphatic rings. The van der Waals surface area contributed by atoms with Crippen molar-refractivity contribution in [2.24, 2.45) is 0 Å². The van der Waals surface area contributed by atoms with Crippen LogP contribution in [0.4, 0.5) is 21.9 Å². The lowest BCUT2D eigenvalue weighted by atomic mass is 9.60. The SMILES string of the molecule is CN1C(=O)C(=Cc2cc3c4c(c2)C(C)(C)c2cccc5c2N4c2c(cccc2C3(C)C)C5(C)C)C(=O)N(C)C1=O. The number of anilines is 3. The van der Waals surface area contributed by atoms with E-state index >= 15 is 0 Å². The van der Waals surface area contributed by atoms with Crippen LogP contribution in [0.15, 0.2) is 54.1 Å². The molecular weight excluding hydrogens is 498 g/mol. The number of para-hydroxylation sites is 2. The molecular formula is C34H33N3O3. The van der Waals surface area contributed by atoms with Gasteiger partial charge in [-0.25, -0.2) is 4.79 Å². The fraction of sp³-hybridized carbons (Fsp3) is 0.324. The molecule has 4 aliphatic heterocycles. The highest BCUT2D eigenvalue weighted by molar-refractivity contribution is 6.30. The van der Waals surface area contributed by atoms with E-state index < -0.39 is 17.8 Å². The first-order chi connectivity index (χ1) is 18.7. The van der Waals surface area contributed by atoms with Crippen LogP contribution in [0.2, 0.25) is 0 Å². The first kappa shape index (κ1) is 24.8. The molecule has 202 valence electrons. The van der Waals surface area contributed by atoms with Gasteiger partial charge < -0.3 is 4.90 Å². The Balaban J connectivity index is 1.57. The maximum absolute atomic E-state index is 13.1. The monoisotopic (exact) mass is 531 g/mol. The summed E-state index contributed by atoms with van der Waals surface area (Å²) in [6.07, 6.45) is 1.66. The molecule has 4 heterocycles. The van der Waals surface area contributed by atoms with Crippen molar-refractivity contribution < 1.29 is 14.4 Å². The van der Waals surface area contributed by atoms with Crippen LogP contribution in [0, 0.1) is 0 Å². The van der Waals surface area contributed by atoms with Crippen LogP contribution in [-0.2, 0) is 25.8 Å². The summed E-state index contributed by atoms with van der Waals surface area (Å²) in [5.41, 5.74) is 11.1. The zero-order chi connectivity index (χ0) is 28.7. The number of likely N-dealkylation sites (N-methyl/N-ethyl adjacent to an activating group) is 2. The molecule has 6 heteroatoms. The largest absolute Gasteiger partial charge is 0.333 e. The van der Waals surface area contributed by atoms with Gasteiger partial charge in [-0.05, 0) is 57.2 Å². The van der Waals surface area contributed by atoms with Crippen LogP contribution in [0.5, 0.6) is 0 Å². The molecule has 0 spiro atoms. The minimum absolute atomic E-state index is 0.0101. The molecule has 0 aliphatic carbocycles. The summed E-state index contributed by atoms with van der Waals surface area (Å²) in [7, 11) is 2.82. The average molecular weight is 532 g/mol. The molecule has 3 aromatic carbocycles. The van der Waals surface area contributed by atoms with Crippen molar-refractivity contribution in [1.82, 2.24) is 9.80 Å². The first-order valence-corrected chi connectivity index (χ1v) is 13.8. The number of nitrogens with zero attached hydrogens (tertiary/aromatic N) is 3. The van der Waals surface area contributed by atoms with Crippen LogP contribution in [0.25, 0.3) is 6.08 Å². The number of benzene rings is 3. The van der Waals surface area contributed by atoms with Gasteiger partial charge in [-0.15, -0.1) is 0 Å². The van der Waals surface area contributed by atoms with E-state index in [9.17, 15) is 14.4 Å². The van der Waals surface area contributed by atoms with Gasteiger partial charge in [0.2, 0.25) is 0 Å². The molecule has 0 radical (unpaired) electrons. The highest BCUT2D eigenvalue weighted by Crippen LogP contribution is 2.66. The summed E-state index contributed by atoms with van der Waals surface area (Å²) >= 11 is 0. The molecule has 1 saturated heterocycles. The van der Waals surface area contributed by atoms with Crippen molar-refractivity contribution in [2.45, 2.75) is 57.8 Å². The molecule has 0 N–H and O–H groups in total. The fourth-order valence-electron chi connectivity index (χ4n) is 7.43. The lowest BCUT2D eigenvalue weighted by Crippen LogP contribution is -2.52. The lowest BCUT2D eigenvalue weighted by Gasteiger charge is -2.55. The summed E-state index contributed by atoms with van der Waals surface area (Å²) in [5, 5.41) is 0. The second-order valence-corrected chi connectivity index (χ2v) is 13.1. The van der Waals surface area contributed by atoms with E-state index in [4.69, 9.17) is 0 Å². The van der Waals surface area contributed by atoms with Gasteiger partial charge in [-0.3, -0.25) is 19.4 Å². The number of carbonyl (C=O) groups is 3. The normalized spacial score (nSPS) is 20.6. The van der Waals surface area contributed by atoms with Crippen LogP contribution in [-0.4, -0.2) is 41.7 Å². The molecule has 7 rings (SSSR count). The third-order valence-corrected chi connectivity index (χ3v) is 9.87. The topological polar surface area (TPSA) is 60.9 Å². The molecule has 0 bridgehead atoms. The summed E-state index contributed by atoms with van der Waals surface area (Å²) in [6.45, 7) is 13.7. The smallest absolute Gasteiger partial charge is 0.309 e. The van der Waals surface area contributed by atoms with Crippen molar-refractivity contribution in [1.29, 1.82) is 0 Å². The van der Waals surface area contributed by atoms with E-state index in [2.05, 4.69) is 95.0 Å². The molecule has 4 amide bonds. The lowest BCUT2D eigenvalue weighted by molar-refractivity contribution is -0.134. The van der Waals surface area contributed by atoms with Gasteiger partial charge in [0.1, 0.15) is 5.57 Å². The van der Waals surface area contributed by atoms with Gasteiger partial charge in [0.25, 0.3) is 11.8 Å². The predicted octanol–water partition coefficient (Wildman–Crippen LogP) is 6.51. The second kappa shape index (κ2) is 7.30. The number of rotatable bonds is 1. The van der Waals surface area contributed by atoms with Crippen molar-refractivity contribution in [3.05, 3.63) is 93.0 Å². The average Bonchev–Trinajstić information content (AvgIpc) is 2.92. The Morgan fingerprint density at radius 2 is 0.925 bits per heavy atom. The third-order valence-electron chi connectivity index (χ3n) is 9.87. The van der Waals surface area contributed by atoms with Crippen molar-refractivity contribution in [3.63, 3.8) is 0 Å². The van der Waals surface area contributed by atoms with Crippen LogP contribution < -0.4 is 4.90 Å². The third kappa shape index (κ3) is 2.71. The van der Waals surface area contributed by atoms with Gasteiger partial charge in [0.05, 0.1) is 17.1 Å². The predicted molar refractivity (Wildman–Crippen MR) is 156 cm³/mol. The Kier molecular flexibility index (Phi) is 4.53. The van der Waals surface area contributed by atoms with Gasteiger partial charge in [0.15, 0.2) is 0 Å². The Labute approximate surface area is 234 Å². The second-order valence-electron chi connectivity index (χ2n) is 13.1. The van der Waals surface area contributed by atoms with Crippen molar-refractivity contribution in [3.8, 4) is 0 Å². The molecule has 1 fully saturated rings. The number of carbonyl (C=O) groups excluding carboxylic acids is 3. The van der Waals surface area contributed by atoms with Gasteiger partial charge >= 0.3 is 6.03 Å². The van der Waals surface area contributed by atoms with E-state index in [0.29, 0.717) is 0 Å². The van der Waals surface area contributed by atoms with Crippen molar-refractivity contribution in [2.75, 3.05) is 19.0 Å². The minimum atomic E-state index is -0.622. The molecule has 40 heavy (non-hydrogen) atoms. The number of urea groups is 1. The Hall–Kier alpha value is -4.19. The maximum atomic E-state index is 13.1.